The molecule has 0 unspecified atom stereocenters. The van der Waals surface area contributed by atoms with Crippen molar-refractivity contribution < 1.29 is 23.9 Å². The van der Waals surface area contributed by atoms with Crippen LogP contribution in [0.4, 0.5) is 4.79 Å². The van der Waals surface area contributed by atoms with Crippen molar-refractivity contribution in [3.8, 4) is 5.75 Å². The molecule has 0 spiro atoms. The minimum absolute atomic E-state index is 0.149. The van der Waals surface area contributed by atoms with Crippen LogP contribution in [0, 0.1) is 0 Å². The molecule has 1 saturated heterocycles. The van der Waals surface area contributed by atoms with Crippen LogP contribution >= 0.6 is 0 Å². The van der Waals surface area contributed by atoms with E-state index in [4.69, 9.17) is 9.47 Å². The first-order chi connectivity index (χ1) is 11.1. The van der Waals surface area contributed by atoms with Gasteiger partial charge in [0.2, 0.25) is 0 Å². The van der Waals surface area contributed by atoms with E-state index in [1.54, 1.807) is 0 Å². The van der Waals surface area contributed by atoms with Gasteiger partial charge in [0.15, 0.2) is 6.10 Å². The Morgan fingerprint density at radius 3 is 2.70 bits per heavy atom. The molecule has 1 fully saturated rings. The van der Waals surface area contributed by atoms with Crippen LogP contribution in [0.1, 0.15) is 19.8 Å². The van der Waals surface area contributed by atoms with Crippen molar-refractivity contribution in [3.05, 3.63) is 30.3 Å². The van der Waals surface area contributed by atoms with Gasteiger partial charge in [0, 0.05) is 19.5 Å². The molecular weight excluding hydrogens is 300 g/mol. The largest absolute Gasteiger partial charge is 0.494 e. The second-order valence-electron chi connectivity index (χ2n) is 5.12. The van der Waals surface area contributed by atoms with Gasteiger partial charge in [0.05, 0.1) is 6.61 Å². The van der Waals surface area contributed by atoms with Crippen LogP contribution in [0.15, 0.2) is 30.3 Å². The number of imide groups is 1. The highest BCUT2D eigenvalue weighted by atomic mass is 16.5. The third-order valence-corrected chi connectivity index (χ3v) is 3.32. The summed E-state index contributed by atoms with van der Waals surface area (Å²) in [7, 11) is 0. The van der Waals surface area contributed by atoms with E-state index in [9.17, 15) is 14.4 Å². The van der Waals surface area contributed by atoms with Crippen molar-refractivity contribution in [2.45, 2.75) is 25.9 Å². The van der Waals surface area contributed by atoms with Crippen LogP contribution in [0.3, 0.4) is 0 Å². The van der Waals surface area contributed by atoms with Crippen molar-refractivity contribution in [1.82, 2.24) is 10.2 Å². The van der Waals surface area contributed by atoms with Crippen molar-refractivity contribution in [3.63, 3.8) is 0 Å². The van der Waals surface area contributed by atoms with Crippen molar-refractivity contribution in [2.75, 3.05) is 19.7 Å². The summed E-state index contributed by atoms with van der Waals surface area (Å²) < 4.78 is 10.5. The summed E-state index contributed by atoms with van der Waals surface area (Å²) in [6.45, 7) is 2.56. The summed E-state index contributed by atoms with van der Waals surface area (Å²) in [4.78, 5) is 36.1. The fraction of sp³-hybridized carbons (Fsp3) is 0.438. The summed E-state index contributed by atoms with van der Waals surface area (Å²) in [6.07, 6.45) is -0.337. The lowest BCUT2D eigenvalue weighted by molar-refractivity contribution is -0.157. The zero-order chi connectivity index (χ0) is 16.7. The number of amides is 3. The number of esters is 1. The number of hydrogen-bond donors (Lipinski definition) is 1. The summed E-state index contributed by atoms with van der Waals surface area (Å²) in [6, 6.07) is 8.84. The fourth-order valence-electron chi connectivity index (χ4n) is 2.13. The maximum atomic E-state index is 12.0. The Morgan fingerprint density at radius 1 is 1.30 bits per heavy atom. The van der Waals surface area contributed by atoms with Crippen LogP contribution in [-0.2, 0) is 14.3 Å². The Labute approximate surface area is 134 Å². The van der Waals surface area contributed by atoms with Crippen LogP contribution in [-0.4, -0.2) is 48.6 Å². The molecule has 23 heavy (non-hydrogen) atoms. The van der Waals surface area contributed by atoms with Gasteiger partial charge in [0.25, 0.3) is 5.91 Å². The van der Waals surface area contributed by atoms with Gasteiger partial charge in [-0.25, -0.2) is 4.79 Å². The third kappa shape index (κ3) is 4.98. The molecule has 0 radical (unpaired) electrons. The zero-order valence-electron chi connectivity index (χ0n) is 13.0. The number of rotatable bonds is 7. The second-order valence-corrected chi connectivity index (χ2v) is 5.12. The summed E-state index contributed by atoms with van der Waals surface area (Å²) in [5.74, 6) is -0.250. The molecule has 1 aliphatic rings. The minimum Gasteiger partial charge on any atom is -0.494 e. The maximum Gasteiger partial charge on any atom is 0.324 e. The number of hydrogen-bond acceptors (Lipinski definition) is 5. The number of urea groups is 1. The Bertz CT molecular complexity index is 561. The number of nitrogens with one attached hydrogen (secondary N) is 1. The molecule has 7 heteroatoms. The monoisotopic (exact) mass is 320 g/mol. The van der Waals surface area contributed by atoms with Gasteiger partial charge in [0.1, 0.15) is 5.75 Å². The minimum atomic E-state index is -0.971. The van der Waals surface area contributed by atoms with E-state index in [-0.39, 0.29) is 6.42 Å². The Balaban J connectivity index is 1.66. The average Bonchev–Trinajstić information content (AvgIpc) is 2.98. The van der Waals surface area contributed by atoms with Crippen LogP contribution in [0.5, 0.6) is 5.75 Å². The third-order valence-electron chi connectivity index (χ3n) is 3.32. The first-order valence-electron chi connectivity index (χ1n) is 7.54. The van der Waals surface area contributed by atoms with E-state index in [1.807, 2.05) is 30.3 Å². The van der Waals surface area contributed by atoms with Gasteiger partial charge in [-0.3, -0.25) is 14.5 Å². The molecule has 1 atom stereocenters. The molecule has 1 aromatic carbocycles. The molecule has 1 aliphatic heterocycles. The van der Waals surface area contributed by atoms with E-state index in [2.05, 4.69) is 5.32 Å². The standard InChI is InChI=1S/C16H20N2O5/c1-12(15(20)18-10-9-17-16(18)21)23-14(19)8-5-11-22-13-6-3-2-4-7-13/h2-4,6-7,12H,5,8-11H2,1H3,(H,17,21)/t12-/m1/s1. The maximum absolute atomic E-state index is 12.0. The smallest absolute Gasteiger partial charge is 0.324 e. The Hall–Kier alpha value is -2.57. The SMILES string of the molecule is C[C@@H](OC(=O)CCCOc1ccccc1)C(=O)N1CCNC1=O. The van der Waals surface area contributed by atoms with Crippen molar-refractivity contribution in [1.29, 1.82) is 0 Å². The van der Waals surface area contributed by atoms with E-state index < -0.39 is 24.0 Å². The predicted octanol–water partition coefficient (Wildman–Crippen LogP) is 1.33. The molecule has 7 nitrogen and oxygen atoms in total. The van der Waals surface area contributed by atoms with E-state index in [1.165, 1.54) is 6.92 Å². The molecule has 0 aliphatic carbocycles. The van der Waals surface area contributed by atoms with Crippen LogP contribution in [0.2, 0.25) is 0 Å². The van der Waals surface area contributed by atoms with Crippen molar-refractivity contribution in [2.24, 2.45) is 0 Å². The van der Waals surface area contributed by atoms with Gasteiger partial charge in [-0.05, 0) is 25.5 Å². The quantitative estimate of drug-likeness (QED) is 0.605. The summed E-state index contributed by atoms with van der Waals surface area (Å²) >= 11 is 0. The number of nitrogens with zero attached hydrogens (tertiary/aromatic N) is 1. The lowest BCUT2D eigenvalue weighted by Gasteiger charge is -2.18. The number of benzene rings is 1. The van der Waals surface area contributed by atoms with Gasteiger partial charge >= 0.3 is 12.0 Å². The summed E-state index contributed by atoms with van der Waals surface area (Å²) in [5.41, 5.74) is 0. The van der Waals surface area contributed by atoms with Crippen LogP contribution in [0.25, 0.3) is 0 Å². The van der Waals surface area contributed by atoms with Gasteiger partial charge in [-0.15, -0.1) is 0 Å². The molecule has 1 aromatic rings. The van der Waals surface area contributed by atoms with Crippen molar-refractivity contribution >= 4 is 17.9 Å². The Morgan fingerprint density at radius 2 is 2.04 bits per heavy atom. The lowest BCUT2D eigenvalue weighted by Crippen LogP contribution is -2.41. The fourth-order valence-corrected chi connectivity index (χ4v) is 2.13. The number of carbonyl (C=O) groups excluding carboxylic acids is 3. The highest BCUT2D eigenvalue weighted by molar-refractivity contribution is 5.98. The van der Waals surface area contributed by atoms with E-state index in [0.717, 1.165) is 10.6 Å². The lowest BCUT2D eigenvalue weighted by atomic mass is 10.3. The predicted molar refractivity (Wildman–Crippen MR) is 81.8 cm³/mol. The van der Waals surface area contributed by atoms with Gasteiger partial charge in [-0.1, -0.05) is 18.2 Å². The number of carbonyl (C=O) groups is 3. The number of para-hydroxylation sites is 1. The molecule has 2 rings (SSSR count). The summed E-state index contributed by atoms with van der Waals surface area (Å²) in [5, 5.41) is 2.53. The van der Waals surface area contributed by atoms with Gasteiger partial charge in [-0.2, -0.15) is 0 Å². The molecule has 3 amide bonds. The first-order valence-corrected chi connectivity index (χ1v) is 7.54. The molecule has 0 bridgehead atoms. The first kappa shape index (κ1) is 16.8. The van der Waals surface area contributed by atoms with E-state index >= 15 is 0 Å². The normalized spacial score (nSPS) is 15.0. The molecule has 1 heterocycles. The molecule has 124 valence electrons. The average molecular weight is 320 g/mol. The van der Waals surface area contributed by atoms with E-state index in [0.29, 0.717) is 26.1 Å². The number of ether oxygens (including phenoxy) is 2. The molecule has 0 aromatic heterocycles. The Kier molecular flexibility index (Phi) is 5.96. The van der Waals surface area contributed by atoms with Crippen LogP contribution < -0.4 is 10.1 Å². The molecule has 0 saturated carbocycles. The molecular formula is C16H20N2O5. The zero-order valence-corrected chi connectivity index (χ0v) is 13.0. The molecule has 1 N–H and O–H groups in total. The highest BCUT2D eigenvalue weighted by Gasteiger charge is 2.31. The topological polar surface area (TPSA) is 84.9 Å². The van der Waals surface area contributed by atoms with Gasteiger partial charge < -0.3 is 14.8 Å². The highest BCUT2D eigenvalue weighted by Crippen LogP contribution is 2.10. The second kappa shape index (κ2) is 8.17.